The molecule has 5 aromatic rings. The lowest BCUT2D eigenvalue weighted by Crippen LogP contribution is -2.17. The van der Waals surface area contributed by atoms with E-state index in [0.717, 1.165) is 21.9 Å². The van der Waals surface area contributed by atoms with Crippen LogP contribution < -0.4 is 5.56 Å². The third-order valence-electron chi connectivity index (χ3n) is 4.92. The highest BCUT2D eigenvalue weighted by atomic mass is 35.5. The Kier molecular flexibility index (Phi) is 4.48. The Bertz CT molecular complexity index is 1470. The third-order valence-corrected chi connectivity index (χ3v) is 5.21. The molecule has 30 heavy (non-hydrogen) atoms. The molecule has 5 nitrogen and oxygen atoms in total. The topological polar surface area (TPSA) is 60.7 Å². The van der Waals surface area contributed by atoms with Gasteiger partial charge in [0.05, 0.1) is 21.7 Å². The second kappa shape index (κ2) is 7.31. The SMILES string of the molecule is O=c1ccc2cnc3ccc(Cc4ncccn4)cc3c2n1-c1ccc(F)c(Cl)c1. The van der Waals surface area contributed by atoms with Crippen LogP contribution in [0.3, 0.4) is 0 Å². The van der Waals surface area contributed by atoms with E-state index in [4.69, 9.17) is 11.6 Å². The molecule has 0 saturated carbocycles. The zero-order chi connectivity index (χ0) is 20.7. The largest absolute Gasteiger partial charge is 0.276 e. The van der Waals surface area contributed by atoms with Crippen molar-refractivity contribution in [3.63, 3.8) is 0 Å². The predicted octanol–water partition coefficient (Wildman–Crippen LogP) is 4.71. The Balaban J connectivity index is 1.79. The second-order valence-corrected chi connectivity index (χ2v) is 7.27. The Morgan fingerprint density at radius 2 is 1.80 bits per heavy atom. The van der Waals surface area contributed by atoms with E-state index in [0.29, 0.717) is 23.4 Å². The molecule has 0 aliphatic heterocycles. The first-order chi connectivity index (χ1) is 14.6. The van der Waals surface area contributed by atoms with Crippen LogP contribution in [0.4, 0.5) is 4.39 Å². The molecule has 5 rings (SSSR count). The summed E-state index contributed by atoms with van der Waals surface area (Å²) < 4.78 is 15.2. The van der Waals surface area contributed by atoms with Gasteiger partial charge in [-0.3, -0.25) is 14.3 Å². The minimum atomic E-state index is -0.537. The number of aromatic nitrogens is 4. The van der Waals surface area contributed by atoms with Crippen molar-refractivity contribution in [3.05, 3.63) is 106 Å². The van der Waals surface area contributed by atoms with Gasteiger partial charge in [0.25, 0.3) is 5.56 Å². The molecule has 0 aliphatic rings. The van der Waals surface area contributed by atoms with E-state index in [1.165, 1.54) is 28.8 Å². The lowest BCUT2D eigenvalue weighted by molar-refractivity contribution is 0.628. The number of halogens is 2. The van der Waals surface area contributed by atoms with Crippen LogP contribution in [0.2, 0.25) is 5.02 Å². The second-order valence-electron chi connectivity index (χ2n) is 6.86. The van der Waals surface area contributed by atoms with E-state index in [1.54, 1.807) is 30.7 Å². The summed E-state index contributed by atoms with van der Waals surface area (Å²) in [6.45, 7) is 0. The molecule has 2 aromatic carbocycles. The number of pyridine rings is 2. The van der Waals surface area contributed by atoms with Crippen molar-refractivity contribution in [2.75, 3.05) is 0 Å². The standard InChI is InChI=1S/C23H14ClFN4O/c24-18-12-16(4-5-19(18)25)29-22(30)7-3-15-13-28-20-6-2-14(10-17(20)23(15)29)11-21-26-8-1-9-27-21/h1-10,12-13H,11H2. The summed E-state index contributed by atoms with van der Waals surface area (Å²) in [4.78, 5) is 25.9. The van der Waals surface area contributed by atoms with Gasteiger partial charge in [0.2, 0.25) is 0 Å². The van der Waals surface area contributed by atoms with Gasteiger partial charge in [0.15, 0.2) is 0 Å². The molecule has 0 unspecified atom stereocenters. The summed E-state index contributed by atoms with van der Waals surface area (Å²) in [7, 11) is 0. The highest BCUT2D eigenvalue weighted by molar-refractivity contribution is 6.30. The minimum Gasteiger partial charge on any atom is -0.276 e. The van der Waals surface area contributed by atoms with Crippen LogP contribution in [0, 0.1) is 5.82 Å². The van der Waals surface area contributed by atoms with Gasteiger partial charge >= 0.3 is 0 Å². The molecule has 0 atom stereocenters. The van der Waals surface area contributed by atoms with E-state index in [9.17, 15) is 9.18 Å². The summed E-state index contributed by atoms with van der Waals surface area (Å²) in [6, 6.07) is 15.1. The van der Waals surface area contributed by atoms with E-state index in [1.807, 2.05) is 18.2 Å². The average Bonchev–Trinajstić information content (AvgIpc) is 2.76. The predicted molar refractivity (Wildman–Crippen MR) is 115 cm³/mol. The zero-order valence-electron chi connectivity index (χ0n) is 15.6. The van der Waals surface area contributed by atoms with E-state index < -0.39 is 5.82 Å². The van der Waals surface area contributed by atoms with E-state index in [-0.39, 0.29) is 10.6 Å². The lowest BCUT2D eigenvalue weighted by atomic mass is 10.1. The van der Waals surface area contributed by atoms with Crippen LogP contribution in [-0.2, 0) is 6.42 Å². The van der Waals surface area contributed by atoms with Crippen LogP contribution in [0.15, 0.2) is 78.0 Å². The molecule has 3 heterocycles. The summed E-state index contributed by atoms with van der Waals surface area (Å²) in [5.74, 6) is 0.165. The molecule has 146 valence electrons. The molecule has 0 amide bonds. The van der Waals surface area contributed by atoms with Crippen molar-refractivity contribution < 1.29 is 4.39 Å². The van der Waals surface area contributed by atoms with Gasteiger partial charge in [-0.05, 0) is 48.0 Å². The van der Waals surface area contributed by atoms with Crippen molar-refractivity contribution in [1.82, 2.24) is 19.5 Å². The van der Waals surface area contributed by atoms with Crippen LogP contribution in [0.5, 0.6) is 0 Å². The molecular formula is C23H14ClFN4O. The number of rotatable bonds is 3. The van der Waals surface area contributed by atoms with Crippen LogP contribution in [-0.4, -0.2) is 19.5 Å². The summed E-state index contributed by atoms with van der Waals surface area (Å²) in [5.41, 5.74) is 2.66. The highest BCUT2D eigenvalue weighted by Crippen LogP contribution is 2.27. The first-order valence-electron chi connectivity index (χ1n) is 9.25. The third kappa shape index (κ3) is 3.21. The molecule has 0 radical (unpaired) electrons. The number of hydrogen-bond acceptors (Lipinski definition) is 4. The maximum Gasteiger partial charge on any atom is 0.255 e. The van der Waals surface area contributed by atoms with Crippen molar-refractivity contribution in [2.24, 2.45) is 0 Å². The Morgan fingerprint density at radius 1 is 0.967 bits per heavy atom. The maximum absolute atomic E-state index is 13.7. The van der Waals surface area contributed by atoms with Crippen molar-refractivity contribution in [3.8, 4) is 5.69 Å². The van der Waals surface area contributed by atoms with Crippen molar-refractivity contribution >= 4 is 33.4 Å². The van der Waals surface area contributed by atoms with Gasteiger partial charge < -0.3 is 0 Å². The molecular weight excluding hydrogens is 403 g/mol. The molecule has 0 saturated heterocycles. The van der Waals surface area contributed by atoms with E-state index >= 15 is 0 Å². The quantitative estimate of drug-likeness (QED) is 0.399. The number of hydrogen-bond donors (Lipinski definition) is 0. The van der Waals surface area contributed by atoms with Crippen LogP contribution in [0.25, 0.3) is 27.5 Å². The average molecular weight is 417 g/mol. The van der Waals surface area contributed by atoms with Gasteiger partial charge in [-0.2, -0.15) is 0 Å². The normalized spacial score (nSPS) is 11.3. The Morgan fingerprint density at radius 3 is 2.60 bits per heavy atom. The lowest BCUT2D eigenvalue weighted by Gasteiger charge is -2.13. The first-order valence-corrected chi connectivity index (χ1v) is 9.63. The number of fused-ring (bicyclic) bond motifs is 3. The van der Waals surface area contributed by atoms with Crippen LogP contribution >= 0.6 is 11.6 Å². The summed E-state index contributed by atoms with van der Waals surface area (Å²) >= 11 is 5.98. The monoisotopic (exact) mass is 416 g/mol. The Labute approximate surface area is 175 Å². The molecule has 0 fully saturated rings. The number of nitrogens with zero attached hydrogens (tertiary/aromatic N) is 4. The number of benzene rings is 2. The Hall–Kier alpha value is -3.64. The summed E-state index contributed by atoms with van der Waals surface area (Å²) in [6.07, 6.45) is 5.68. The first kappa shape index (κ1) is 18.4. The molecule has 3 aromatic heterocycles. The molecule has 0 N–H and O–H groups in total. The minimum absolute atomic E-state index is 0.0447. The van der Waals surface area contributed by atoms with Gasteiger partial charge in [-0.15, -0.1) is 0 Å². The van der Waals surface area contributed by atoms with Crippen molar-refractivity contribution in [2.45, 2.75) is 6.42 Å². The molecule has 7 heteroatoms. The van der Waals surface area contributed by atoms with Crippen LogP contribution in [0.1, 0.15) is 11.4 Å². The zero-order valence-corrected chi connectivity index (χ0v) is 16.3. The van der Waals surface area contributed by atoms with Gasteiger partial charge in [-0.25, -0.2) is 14.4 Å². The molecule has 0 aliphatic carbocycles. The van der Waals surface area contributed by atoms with Crippen molar-refractivity contribution in [1.29, 1.82) is 0 Å². The summed E-state index contributed by atoms with van der Waals surface area (Å²) in [5, 5.41) is 1.55. The smallest absolute Gasteiger partial charge is 0.255 e. The van der Waals surface area contributed by atoms with Gasteiger partial charge in [-0.1, -0.05) is 17.7 Å². The molecule has 0 bridgehead atoms. The molecule has 0 spiro atoms. The maximum atomic E-state index is 13.7. The van der Waals surface area contributed by atoms with Gasteiger partial charge in [0.1, 0.15) is 11.6 Å². The van der Waals surface area contributed by atoms with Gasteiger partial charge in [0, 0.05) is 41.9 Å². The fourth-order valence-electron chi connectivity index (χ4n) is 3.55. The van der Waals surface area contributed by atoms with E-state index in [2.05, 4.69) is 15.0 Å². The fraction of sp³-hybridized carbons (Fsp3) is 0.0435. The highest BCUT2D eigenvalue weighted by Gasteiger charge is 2.13. The fourth-order valence-corrected chi connectivity index (χ4v) is 3.73.